The fourth-order valence-electron chi connectivity index (χ4n) is 3.56. The number of ether oxygens (including phenoxy) is 2. The Bertz CT molecular complexity index is 633. The van der Waals surface area contributed by atoms with Crippen LogP contribution < -0.4 is 10.1 Å². The van der Waals surface area contributed by atoms with Crippen LogP contribution in [0.25, 0.3) is 0 Å². The molecular weight excluding hydrogens is 344 g/mol. The number of piperazine rings is 1. The van der Waals surface area contributed by atoms with Crippen LogP contribution in [0, 0.1) is 0 Å². The highest BCUT2D eigenvalue weighted by Crippen LogP contribution is 2.16. The summed E-state index contributed by atoms with van der Waals surface area (Å²) in [5, 5.41) is 3.43. The van der Waals surface area contributed by atoms with Crippen molar-refractivity contribution in [3.8, 4) is 5.75 Å². The van der Waals surface area contributed by atoms with Gasteiger partial charge >= 0.3 is 0 Å². The summed E-state index contributed by atoms with van der Waals surface area (Å²) < 4.78 is 10.7. The van der Waals surface area contributed by atoms with Gasteiger partial charge < -0.3 is 24.6 Å². The van der Waals surface area contributed by atoms with Crippen molar-refractivity contribution in [3.63, 3.8) is 0 Å². The molecule has 1 atom stereocenters. The zero-order valence-electron chi connectivity index (χ0n) is 16.3. The summed E-state index contributed by atoms with van der Waals surface area (Å²) >= 11 is 0. The fraction of sp³-hybridized carbons (Fsp3) is 0.600. The number of carbonyl (C=O) groups is 1. The summed E-state index contributed by atoms with van der Waals surface area (Å²) in [6.07, 6.45) is 2.54. The molecule has 0 bridgehead atoms. The van der Waals surface area contributed by atoms with Crippen LogP contribution in [0.5, 0.6) is 5.75 Å². The van der Waals surface area contributed by atoms with Gasteiger partial charge in [0.1, 0.15) is 11.9 Å². The van der Waals surface area contributed by atoms with Gasteiger partial charge in [0.2, 0.25) is 0 Å². The van der Waals surface area contributed by atoms with E-state index < -0.39 is 0 Å². The van der Waals surface area contributed by atoms with E-state index in [9.17, 15) is 4.79 Å². The number of guanidine groups is 1. The average Bonchev–Trinajstić information content (AvgIpc) is 3.26. The van der Waals surface area contributed by atoms with Crippen molar-refractivity contribution in [1.29, 1.82) is 0 Å². The molecular formula is C20H30N4O3. The van der Waals surface area contributed by atoms with E-state index in [2.05, 4.69) is 27.3 Å². The van der Waals surface area contributed by atoms with Gasteiger partial charge in [0, 0.05) is 46.4 Å². The van der Waals surface area contributed by atoms with Gasteiger partial charge in [-0.05, 0) is 37.0 Å². The molecule has 148 valence electrons. The number of aliphatic imine (C=N–C) groups is 1. The van der Waals surface area contributed by atoms with E-state index in [1.165, 1.54) is 5.56 Å². The van der Waals surface area contributed by atoms with Gasteiger partial charge in [-0.2, -0.15) is 0 Å². The third-order valence-corrected chi connectivity index (χ3v) is 5.16. The third-order valence-electron chi connectivity index (χ3n) is 5.16. The molecule has 2 heterocycles. The first-order valence-electron chi connectivity index (χ1n) is 9.70. The maximum absolute atomic E-state index is 12.4. The first kappa shape index (κ1) is 19.5. The maximum Gasteiger partial charge on any atom is 0.251 e. The molecule has 1 N–H and O–H groups in total. The first-order chi connectivity index (χ1) is 13.2. The number of hydrogen-bond acceptors (Lipinski definition) is 4. The number of nitrogens with zero attached hydrogens (tertiary/aromatic N) is 3. The topological polar surface area (TPSA) is 66.4 Å². The van der Waals surface area contributed by atoms with Crippen LogP contribution in [0.15, 0.2) is 29.3 Å². The highest BCUT2D eigenvalue weighted by molar-refractivity contribution is 5.82. The molecule has 1 amide bonds. The molecule has 1 aromatic rings. The molecule has 1 unspecified atom stereocenters. The molecule has 0 aliphatic carbocycles. The lowest BCUT2D eigenvalue weighted by atomic mass is 10.1. The second-order valence-electron chi connectivity index (χ2n) is 6.89. The number of amides is 1. The molecule has 2 aliphatic heterocycles. The van der Waals surface area contributed by atoms with Crippen LogP contribution in [0.4, 0.5) is 0 Å². The predicted octanol–water partition coefficient (Wildman–Crippen LogP) is 1.14. The molecule has 3 rings (SSSR count). The van der Waals surface area contributed by atoms with Crippen LogP contribution in [0.3, 0.4) is 0 Å². The number of rotatable bonds is 5. The Kier molecular flexibility index (Phi) is 6.92. The highest BCUT2D eigenvalue weighted by atomic mass is 16.5. The van der Waals surface area contributed by atoms with Crippen LogP contribution in [0.1, 0.15) is 18.4 Å². The van der Waals surface area contributed by atoms with E-state index in [0.717, 1.165) is 63.7 Å². The minimum atomic E-state index is -0.224. The van der Waals surface area contributed by atoms with Crippen molar-refractivity contribution in [2.24, 2.45) is 4.99 Å². The average molecular weight is 374 g/mol. The zero-order valence-corrected chi connectivity index (χ0v) is 16.3. The molecule has 0 spiro atoms. The first-order valence-corrected chi connectivity index (χ1v) is 9.70. The van der Waals surface area contributed by atoms with Crippen molar-refractivity contribution in [2.75, 3.05) is 53.5 Å². The van der Waals surface area contributed by atoms with Crippen LogP contribution >= 0.6 is 0 Å². The lowest BCUT2D eigenvalue weighted by Crippen LogP contribution is -2.55. The van der Waals surface area contributed by atoms with Gasteiger partial charge in [-0.25, -0.2) is 0 Å². The lowest BCUT2D eigenvalue weighted by molar-refractivity contribution is -0.142. The van der Waals surface area contributed by atoms with E-state index in [1.54, 1.807) is 14.2 Å². The standard InChI is InChI=1S/C20H30N4O3/c1-21-20(22-10-9-16-5-7-17(26-2)8-6-16)24-13-11-23(12-14-24)19(25)18-4-3-15-27-18/h5-8,18H,3-4,9-15H2,1-2H3,(H,21,22). The quantitative estimate of drug-likeness (QED) is 0.618. The number of nitrogens with one attached hydrogen (secondary N) is 1. The van der Waals surface area contributed by atoms with Crippen molar-refractivity contribution >= 4 is 11.9 Å². The van der Waals surface area contributed by atoms with E-state index in [-0.39, 0.29) is 12.0 Å². The summed E-state index contributed by atoms with van der Waals surface area (Å²) in [5.74, 6) is 1.92. The third kappa shape index (κ3) is 5.13. The van der Waals surface area contributed by atoms with Gasteiger partial charge in [0.25, 0.3) is 5.91 Å². The fourth-order valence-corrected chi connectivity index (χ4v) is 3.56. The molecule has 0 radical (unpaired) electrons. The van der Waals surface area contributed by atoms with Gasteiger partial charge in [-0.15, -0.1) is 0 Å². The molecule has 2 saturated heterocycles. The summed E-state index contributed by atoms with van der Waals surface area (Å²) in [6, 6.07) is 8.13. The normalized spacial score (nSPS) is 20.7. The monoisotopic (exact) mass is 374 g/mol. The molecule has 0 saturated carbocycles. The predicted molar refractivity (Wildman–Crippen MR) is 105 cm³/mol. The molecule has 2 fully saturated rings. The summed E-state index contributed by atoms with van der Waals surface area (Å²) in [6.45, 7) is 4.55. The maximum atomic E-state index is 12.4. The molecule has 27 heavy (non-hydrogen) atoms. The molecule has 2 aliphatic rings. The van der Waals surface area contributed by atoms with Crippen molar-refractivity contribution in [2.45, 2.75) is 25.4 Å². The Morgan fingerprint density at radius 2 is 1.93 bits per heavy atom. The Morgan fingerprint density at radius 1 is 1.22 bits per heavy atom. The highest BCUT2D eigenvalue weighted by Gasteiger charge is 2.30. The summed E-state index contributed by atoms with van der Waals surface area (Å²) in [5.41, 5.74) is 1.26. The Balaban J connectivity index is 1.42. The number of hydrogen-bond donors (Lipinski definition) is 1. The molecule has 0 aromatic heterocycles. The number of carbonyl (C=O) groups excluding carboxylic acids is 1. The Hall–Kier alpha value is -2.28. The van der Waals surface area contributed by atoms with Gasteiger partial charge in [-0.3, -0.25) is 9.79 Å². The largest absolute Gasteiger partial charge is 0.497 e. The zero-order chi connectivity index (χ0) is 19.1. The van der Waals surface area contributed by atoms with Crippen molar-refractivity contribution < 1.29 is 14.3 Å². The summed E-state index contributed by atoms with van der Waals surface area (Å²) in [7, 11) is 3.48. The second kappa shape index (κ2) is 9.60. The van der Waals surface area contributed by atoms with Crippen molar-refractivity contribution in [1.82, 2.24) is 15.1 Å². The minimum absolute atomic E-state index is 0.148. The molecule has 7 nitrogen and oxygen atoms in total. The summed E-state index contributed by atoms with van der Waals surface area (Å²) in [4.78, 5) is 21.0. The Morgan fingerprint density at radius 3 is 2.52 bits per heavy atom. The van der Waals surface area contributed by atoms with Gasteiger partial charge in [0.15, 0.2) is 5.96 Å². The second-order valence-corrected chi connectivity index (χ2v) is 6.89. The van der Waals surface area contributed by atoms with Crippen LogP contribution in [-0.4, -0.2) is 81.3 Å². The minimum Gasteiger partial charge on any atom is -0.497 e. The smallest absolute Gasteiger partial charge is 0.251 e. The van der Waals surface area contributed by atoms with Crippen molar-refractivity contribution in [3.05, 3.63) is 29.8 Å². The van der Waals surface area contributed by atoms with E-state index >= 15 is 0 Å². The molecule has 1 aromatic carbocycles. The molecule has 7 heteroatoms. The van der Waals surface area contributed by atoms with E-state index in [4.69, 9.17) is 9.47 Å². The van der Waals surface area contributed by atoms with Gasteiger partial charge in [-0.1, -0.05) is 12.1 Å². The Labute approximate surface area is 161 Å². The number of benzene rings is 1. The SMILES string of the molecule is CN=C(NCCc1ccc(OC)cc1)N1CCN(C(=O)C2CCCO2)CC1. The van der Waals surface area contributed by atoms with Crippen LogP contribution in [0.2, 0.25) is 0 Å². The van der Waals surface area contributed by atoms with E-state index in [0.29, 0.717) is 6.61 Å². The van der Waals surface area contributed by atoms with Crippen LogP contribution in [-0.2, 0) is 16.0 Å². The lowest BCUT2D eigenvalue weighted by Gasteiger charge is -2.37. The van der Waals surface area contributed by atoms with Gasteiger partial charge in [0.05, 0.1) is 7.11 Å². The number of methoxy groups -OCH3 is 1. The van der Waals surface area contributed by atoms with E-state index in [1.807, 2.05) is 17.0 Å².